The van der Waals surface area contributed by atoms with Crippen molar-refractivity contribution in [3.8, 4) is 0 Å². The van der Waals surface area contributed by atoms with Gasteiger partial charge in [0.05, 0.1) is 19.3 Å². The molecular formula is C12H22N4O2. The van der Waals surface area contributed by atoms with Gasteiger partial charge in [-0.05, 0) is 13.3 Å². The Morgan fingerprint density at radius 2 is 2.11 bits per heavy atom. The van der Waals surface area contributed by atoms with Crippen LogP contribution in [-0.4, -0.2) is 48.0 Å². The monoisotopic (exact) mass is 254 g/mol. The number of hydrogen-bond acceptors (Lipinski definition) is 6. The molecule has 6 nitrogen and oxygen atoms in total. The van der Waals surface area contributed by atoms with Crippen molar-refractivity contribution < 1.29 is 9.84 Å². The van der Waals surface area contributed by atoms with Crippen molar-refractivity contribution >= 4 is 11.6 Å². The summed E-state index contributed by atoms with van der Waals surface area (Å²) in [5, 5.41) is 15.5. The van der Waals surface area contributed by atoms with E-state index < -0.39 is 0 Å². The molecule has 1 aromatic rings. The molecule has 0 saturated carbocycles. The third-order valence-corrected chi connectivity index (χ3v) is 2.33. The summed E-state index contributed by atoms with van der Waals surface area (Å²) >= 11 is 0. The maximum atomic E-state index is 9.20. The maximum absolute atomic E-state index is 9.20. The van der Waals surface area contributed by atoms with Crippen molar-refractivity contribution in [1.82, 2.24) is 9.97 Å². The fourth-order valence-electron chi connectivity index (χ4n) is 1.54. The van der Waals surface area contributed by atoms with Crippen LogP contribution in [0.1, 0.15) is 19.2 Å². The van der Waals surface area contributed by atoms with Crippen LogP contribution in [0.4, 0.5) is 11.6 Å². The van der Waals surface area contributed by atoms with E-state index in [1.54, 1.807) is 7.11 Å². The van der Waals surface area contributed by atoms with Gasteiger partial charge in [-0.1, -0.05) is 6.92 Å². The number of ether oxygens (including phenoxy) is 1. The van der Waals surface area contributed by atoms with Gasteiger partial charge >= 0.3 is 0 Å². The van der Waals surface area contributed by atoms with Crippen LogP contribution >= 0.6 is 0 Å². The highest BCUT2D eigenvalue weighted by Crippen LogP contribution is 2.12. The number of aromatic nitrogens is 2. The Labute approximate surface area is 108 Å². The van der Waals surface area contributed by atoms with Gasteiger partial charge in [-0.25, -0.2) is 9.97 Å². The third kappa shape index (κ3) is 4.85. The molecule has 18 heavy (non-hydrogen) atoms. The van der Waals surface area contributed by atoms with Crippen LogP contribution in [0.25, 0.3) is 0 Å². The fourth-order valence-corrected chi connectivity index (χ4v) is 1.54. The molecule has 1 unspecified atom stereocenters. The second kappa shape index (κ2) is 7.84. The number of methoxy groups -OCH3 is 1. The lowest BCUT2D eigenvalue weighted by molar-refractivity contribution is 0.153. The molecule has 0 bridgehead atoms. The van der Waals surface area contributed by atoms with Gasteiger partial charge in [-0.3, -0.25) is 0 Å². The SMILES string of the molecule is CCCNc1cc(NC(CO)COC)nc(C)n1. The van der Waals surface area contributed by atoms with Crippen LogP contribution in [0.5, 0.6) is 0 Å². The Morgan fingerprint density at radius 3 is 2.72 bits per heavy atom. The van der Waals surface area contributed by atoms with Crippen LogP contribution in [0.3, 0.4) is 0 Å². The average molecular weight is 254 g/mol. The predicted octanol–water partition coefficient (Wildman–Crippen LogP) is 1.03. The normalized spacial score (nSPS) is 12.2. The molecule has 0 saturated heterocycles. The smallest absolute Gasteiger partial charge is 0.132 e. The summed E-state index contributed by atoms with van der Waals surface area (Å²) in [6, 6.07) is 1.67. The summed E-state index contributed by atoms with van der Waals surface area (Å²) in [4.78, 5) is 8.58. The first-order valence-corrected chi connectivity index (χ1v) is 6.15. The lowest BCUT2D eigenvalue weighted by atomic mass is 10.3. The molecule has 1 aromatic heterocycles. The van der Waals surface area contributed by atoms with Gasteiger partial charge in [-0.2, -0.15) is 0 Å². The van der Waals surface area contributed by atoms with Gasteiger partial charge < -0.3 is 20.5 Å². The zero-order chi connectivity index (χ0) is 13.4. The summed E-state index contributed by atoms with van der Waals surface area (Å²) in [7, 11) is 1.60. The minimum Gasteiger partial charge on any atom is -0.394 e. The van der Waals surface area contributed by atoms with Gasteiger partial charge in [-0.15, -0.1) is 0 Å². The first-order chi connectivity index (χ1) is 8.69. The van der Waals surface area contributed by atoms with E-state index in [0.29, 0.717) is 18.2 Å². The minimum atomic E-state index is -0.164. The minimum absolute atomic E-state index is 0.00534. The summed E-state index contributed by atoms with van der Waals surface area (Å²) in [6.45, 7) is 5.23. The van der Waals surface area contributed by atoms with Crippen molar-refractivity contribution in [2.24, 2.45) is 0 Å². The number of hydrogen-bond donors (Lipinski definition) is 3. The molecule has 1 heterocycles. The van der Waals surface area contributed by atoms with E-state index in [0.717, 1.165) is 18.8 Å². The highest BCUT2D eigenvalue weighted by Gasteiger charge is 2.09. The van der Waals surface area contributed by atoms with E-state index in [1.165, 1.54) is 0 Å². The molecule has 0 amide bonds. The third-order valence-electron chi connectivity index (χ3n) is 2.33. The number of anilines is 2. The Balaban J connectivity index is 2.71. The molecule has 0 aromatic carbocycles. The van der Waals surface area contributed by atoms with Crippen molar-refractivity contribution in [2.75, 3.05) is 37.5 Å². The Hall–Kier alpha value is -1.40. The molecule has 0 fully saturated rings. The summed E-state index contributed by atoms with van der Waals surface area (Å²) in [5.41, 5.74) is 0. The van der Waals surface area contributed by atoms with Crippen molar-refractivity contribution in [3.05, 3.63) is 11.9 Å². The van der Waals surface area contributed by atoms with Gasteiger partial charge in [0.25, 0.3) is 0 Å². The van der Waals surface area contributed by atoms with Gasteiger partial charge in [0.15, 0.2) is 0 Å². The van der Waals surface area contributed by atoms with Gasteiger partial charge in [0.1, 0.15) is 17.5 Å². The molecule has 0 spiro atoms. The van der Waals surface area contributed by atoms with E-state index in [4.69, 9.17) is 4.74 Å². The quantitative estimate of drug-likeness (QED) is 0.643. The Bertz CT molecular complexity index is 360. The van der Waals surface area contributed by atoms with Crippen LogP contribution in [0.2, 0.25) is 0 Å². The molecule has 0 aliphatic heterocycles. The first-order valence-electron chi connectivity index (χ1n) is 6.15. The molecule has 3 N–H and O–H groups in total. The lowest BCUT2D eigenvalue weighted by Gasteiger charge is -2.16. The molecule has 0 aliphatic carbocycles. The molecular weight excluding hydrogens is 232 g/mol. The number of rotatable bonds is 8. The number of aliphatic hydroxyl groups is 1. The fraction of sp³-hybridized carbons (Fsp3) is 0.667. The van der Waals surface area contributed by atoms with Crippen molar-refractivity contribution in [1.29, 1.82) is 0 Å². The number of nitrogens with zero attached hydrogens (tertiary/aromatic N) is 2. The molecule has 0 radical (unpaired) electrons. The van der Waals surface area contributed by atoms with Crippen LogP contribution < -0.4 is 10.6 Å². The zero-order valence-electron chi connectivity index (χ0n) is 11.2. The van der Waals surface area contributed by atoms with E-state index >= 15 is 0 Å². The highest BCUT2D eigenvalue weighted by molar-refractivity contribution is 5.48. The number of nitrogens with one attached hydrogen (secondary N) is 2. The molecule has 6 heteroatoms. The molecule has 0 aliphatic rings. The van der Waals surface area contributed by atoms with Crippen LogP contribution in [0.15, 0.2) is 6.07 Å². The zero-order valence-corrected chi connectivity index (χ0v) is 11.2. The van der Waals surface area contributed by atoms with E-state index in [9.17, 15) is 5.11 Å². The topological polar surface area (TPSA) is 79.3 Å². The molecule has 102 valence electrons. The Morgan fingerprint density at radius 1 is 1.39 bits per heavy atom. The number of aliphatic hydroxyl groups excluding tert-OH is 1. The highest BCUT2D eigenvalue weighted by atomic mass is 16.5. The van der Waals surface area contributed by atoms with E-state index in [-0.39, 0.29) is 12.6 Å². The summed E-state index contributed by atoms with van der Waals surface area (Å²) in [5.74, 6) is 2.17. The molecule has 1 rings (SSSR count). The standard InChI is InChI=1S/C12H22N4O2/c1-4-5-13-11-6-12(15-9(2)14-11)16-10(7-17)8-18-3/h6,10,17H,4-5,7-8H2,1-3H3,(H2,13,14,15,16). The largest absolute Gasteiger partial charge is 0.394 e. The van der Waals surface area contributed by atoms with Gasteiger partial charge in [0.2, 0.25) is 0 Å². The maximum Gasteiger partial charge on any atom is 0.132 e. The van der Waals surface area contributed by atoms with Crippen molar-refractivity contribution in [2.45, 2.75) is 26.3 Å². The summed E-state index contributed by atoms with van der Waals surface area (Å²) < 4.78 is 5.01. The molecule has 1 atom stereocenters. The second-order valence-corrected chi connectivity index (χ2v) is 4.09. The first kappa shape index (κ1) is 14.7. The Kier molecular flexibility index (Phi) is 6.38. The number of aryl methyl sites for hydroxylation is 1. The van der Waals surface area contributed by atoms with Crippen LogP contribution in [-0.2, 0) is 4.74 Å². The van der Waals surface area contributed by atoms with E-state index in [2.05, 4.69) is 27.5 Å². The average Bonchev–Trinajstić information content (AvgIpc) is 2.35. The lowest BCUT2D eigenvalue weighted by Crippen LogP contribution is -2.29. The van der Waals surface area contributed by atoms with E-state index in [1.807, 2.05) is 13.0 Å². The predicted molar refractivity (Wildman–Crippen MR) is 71.9 cm³/mol. The second-order valence-electron chi connectivity index (χ2n) is 4.09. The van der Waals surface area contributed by atoms with Crippen molar-refractivity contribution in [3.63, 3.8) is 0 Å². The van der Waals surface area contributed by atoms with Gasteiger partial charge in [0, 0.05) is 19.7 Å². The van der Waals surface area contributed by atoms with Crippen LogP contribution in [0, 0.1) is 6.92 Å². The summed E-state index contributed by atoms with van der Waals surface area (Å²) in [6.07, 6.45) is 1.04.